The topological polar surface area (TPSA) is 85.3 Å². The number of sulfonamides is 1. The molecule has 0 bridgehead atoms. The van der Waals surface area contributed by atoms with Crippen molar-refractivity contribution in [2.75, 3.05) is 6.54 Å². The van der Waals surface area contributed by atoms with Crippen LogP contribution < -0.4 is 4.72 Å². The molecule has 6 nitrogen and oxygen atoms in total. The average molecular weight is 346 g/mol. The van der Waals surface area contributed by atoms with E-state index in [9.17, 15) is 8.42 Å². The summed E-state index contributed by atoms with van der Waals surface area (Å²) in [6, 6.07) is 12.8. The van der Waals surface area contributed by atoms with Gasteiger partial charge >= 0.3 is 0 Å². The molecule has 1 aromatic carbocycles. The van der Waals surface area contributed by atoms with Gasteiger partial charge in [0.2, 0.25) is 15.8 Å². The molecule has 0 saturated carbocycles. The summed E-state index contributed by atoms with van der Waals surface area (Å²) in [7, 11) is -3.67. The van der Waals surface area contributed by atoms with E-state index in [1.807, 2.05) is 37.3 Å². The van der Waals surface area contributed by atoms with E-state index in [0.29, 0.717) is 23.8 Å². The maximum atomic E-state index is 12.6. The molecule has 3 aromatic rings. The van der Waals surface area contributed by atoms with Gasteiger partial charge in [-0.2, -0.15) is 0 Å². The van der Waals surface area contributed by atoms with Crippen LogP contribution in [-0.4, -0.2) is 20.1 Å². The number of benzene rings is 1. The number of furan rings is 1. The molecule has 3 rings (SSSR count). The van der Waals surface area contributed by atoms with E-state index in [4.69, 9.17) is 8.94 Å². The molecule has 1 N–H and O–H groups in total. The predicted octanol–water partition coefficient (Wildman–Crippen LogP) is 3.33. The Labute approximate surface area is 140 Å². The standard InChI is InChI=1S/C17H18N2O4S/c1-12(14-6-4-3-5-7-14)11-19-24(20,21)17-10-16(22-13(17)2)15-8-9-18-23-15/h3-10,12,19H,11H2,1-2H3/t12-/m1/s1. The van der Waals surface area contributed by atoms with Gasteiger partial charge in [0.05, 0.1) is 6.20 Å². The summed E-state index contributed by atoms with van der Waals surface area (Å²) in [5.74, 6) is 1.09. The molecule has 126 valence electrons. The molecule has 0 fully saturated rings. The van der Waals surface area contributed by atoms with Crippen LogP contribution >= 0.6 is 0 Å². The highest BCUT2D eigenvalue weighted by molar-refractivity contribution is 7.89. The molecule has 0 aliphatic rings. The molecule has 7 heteroatoms. The van der Waals surface area contributed by atoms with Crippen molar-refractivity contribution in [3.8, 4) is 11.5 Å². The van der Waals surface area contributed by atoms with E-state index in [-0.39, 0.29) is 10.8 Å². The second-order valence-corrected chi connectivity index (χ2v) is 7.31. The third-order valence-electron chi connectivity index (χ3n) is 3.79. The van der Waals surface area contributed by atoms with Crippen LogP contribution in [0.2, 0.25) is 0 Å². The Morgan fingerprint density at radius 3 is 2.58 bits per heavy atom. The first-order valence-electron chi connectivity index (χ1n) is 7.53. The van der Waals surface area contributed by atoms with Crippen LogP contribution in [0, 0.1) is 6.92 Å². The zero-order valence-corrected chi connectivity index (χ0v) is 14.2. The minimum Gasteiger partial charge on any atom is -0.457 e. The van der Waals surface area contributed by atoms with Gasteiger partial charge in [-0.05, 0) is 18.4 Å². The summed E-state index contributed by atoms with van der Waals surface area (Å²) in [5.41, 5.74) is 1.08. The first-order chi connectivity index (χ1) is 11.5. The lowest BCUT2D eigenvalue weighted by molar-refractivity contribution is 0.414. The molecule has 0 aliphatic carbocycles. The molecule has 0 radical (unpaired) electrons. The lowest BCUT2D eigenvalue weighted by Gasteiger charge is -2.13. The summed E-state index contributed by atoms with van der Waals surface area (Å²) in [6.07, 6.45) is 1.47. The first kappa shape index (κ1) is 16.5. The van der Waals surface area contributed by atoms with Gasteiger partial charge in [-0.3, -0.25) is 0 Å². The van der Waals surface area contributed by atoms with Gasteiger partial charge in [-0.15, -0.1) is 0 Å². The van der Waals surface area contributed by atoms with Crippen LogP contribution in [0.1, 0.15) is 24.2 Å². The van der Waals surface area contributed by atoms with Crippen LogP contribution in [0.15, 0.2) is 62.5 Å². The van der Waals surface area contributed by atoms with Crippen LogP contribution in [-0.2, 0) is 10.0 Å². The molecule has 0 saturated heterocycles. The molecular weight excluding hydrogens is 328 g/mol. The van der Waals surface area contributed by atoms with E-state index in [1.165, 1.54) is 12.3 Å². The summed E-state index contributed by atoms with van der Waals surface area (Å²) in [4.78, 5) is 0.106. The summed E-state index contributed by atoms with van der Waals surface area (Å²) in [5, 5.41) is 3.59. The molecule has 0 spiro atoms. The highest BCUT2D eigenvalue weighted by atomic mass is 32.2. The van der Waals surface area contributed by atoms with Crippen molar-refractivity contribution in [1.29, 1.82) is 0 Å². The molecule has 0 aliphatic heterocycles. The fourth-order valence-electron chi connectivity index (χ4n) is 2.41. The second-order valence-electron chi connectivity index (χ2n) is 5.57. The molecule has 0 unspecified atom stereocenters. The first-order valence-corrected chi connectivity index (χ1v) is 9.02. The van der Waals surface area contributed by atoms with Gasteiger partial charge in [0, 0.05) is 18.7 Å². The van der Waals surface area contributed by atoms with E-state index in [1.54, 1.807) is 13.0 Å². The van der Waals surface area contributed by atoms with E-state index in [0.717, 1.165) is 5.56 Å². The summed E-state index contributed by atoms with van der Waals surface area (Å²) < 4.78 is 38.2. The van der Waals surface area contributed by atoms with Crippen molar-refractivity contribution in [2.24, 2.45) is 0 Å². The number of aryl methyl sites for hydroxylation is 1. The van der Waals surface area contributed by atoms with Crippen molar-refractivity contribution in [2.45, 2.75) is 24.7 Å². The number of nitrogens with zero attached hydrogens (tertiary/aromatic N) is 1. The fourth-order valence-corrected chi connectivity index (χ4v) is 3.72. The predicted molar refractivity (Wildman–Crippen MR) is 89.0 cm³/mol. The Kier molecular flexibility index (Phi) is 4.55. The molecular formula is C17H18N2O4S. The lowest BCUT2D eigenvalue weighted by Crippen LogP contribution is -2.27. The SMILES string of the molecule is Cc1oc(-c2ccno2)cc1S(=O)(=O)NC[C@@H](C)c1ccccc1. The van der Waals surface area contributed by atoms with E-state index < -0.39 is 10.0 Å². The normalized spacial score (nSPS) is 13.1. The Bertz CT molecular complexity index is 899. The molecule has 1 atom stereocenters. The van der Waals surface area contributed by atoms with Gasteiger partial charge in [0.1, 0.15) is 10.7 Å². The van der Waals surface area contributed by atoms with Gasteiger partial charge in [-0.1, -0.05) is 42.4 Å². The molecule has 0 amide bonds. The van der Waals surface area contributed by atoms with Gasteiger partial charge in [0.25, 0.3) is 0 Å². The average Bonchev–Trinajstić information content (AvgIpc) is 3.23. The van der Waals surface area contributed by atoms with Gasteiger partial charge in [-0.25, -0.2) is 13.1 Å². The quantitative estimate of drug-likeness (QED) is 0.740. The minimum atomic E-state index is -3.67. The maximum absolute atomic E-state index is 12.6. The van der Waals surface area contributed by atoms with Crippen molar-refractivity contribution in [3.63, 3.8) is 0 Å². The second kappa shape index (κ2) is 6.62. The third-order valence-corrected chi connectivity index (χ3v) is 5.32. The molecule has 2 aromatic heterocycles. The fraction of sp³-hybridized carbons (Fsp3) is 0.235. The highest BCUT2D eigenvalue weighted by Gasteiger charge is 2.23. The highest BCUT2D eigenvalue weighted by Crippen LogP contribution is 2.28. The Hall–Kier alpha value is -2.38. The third kappa shape index (κ3) is 3.42. The maximum Gasteiger partial charge on any atom is 0.244 e. The van der Waals surface area contributed by atoms with Crippen LogP contribution in [0.5, 0.6) is 0 Å². The Morgan fingerprint density at radius 2 is 1.92 bits per heavy atom. The van der Waals surface area contributed by atoms with Crippen molar-refractivity contribution in [1.82, 2.24) is 9.88 Å². The van der Waals surface area contributed by atoms with Crippen molar-refractivity contribution < 1.29 is 17.4 Å². The number of aromatic nitrogens is 1. The minimum absolute atomic E-state index is 0.0573. The number of rotatable bonds is 6. The van der Waals surface area contributed by atoms with Crippen LogP contribution in [0.4, 0.5) is 0 Å². The number of nitrogens with one attached hydrogen (secondary N) is 1. The van der Waals surface area contributed by atoms with Crippen molar-refractivity contribution >= 4 is 10.0 Å². The summed E-state index contributed by atoms with van der Waals surface area (Å²) in [6.45, 7) is 3.88. The van der Waals surface area contributed by atoms with Gasteiger partial charge in [0.15, 0.2) is 5.76 Å². The summed E-state index contributed by atoms with van der Waals surface area (Å²) >= 11 is 0. The molecule has 24 heavy (non-hydrogen) atoms. The van der Waals surface area contributed by atoms with E-state index in [2.05, 4.69) is 9.88 Å². The molecule has 2 heterocycles. The monoisotopic (exact) mass is 346 g/mol. The van der Waals surface area contributed by atoms with Crippen molar-refractivity contribution in [3.05, 3.63) is 60.0 Å². The Morgan fingerprint density at radius 1 is 1.17 bits per heavy atom. The van der Waals surface area contributed by atoms with Crippen LogP contribution in [0.3, 0.4) is 0 Å². The van der Waals surface area contributed by atoms with Gasteiger partial charge < -0.3 is 8.94 Å². The van der Waals surface area contributed by atoms with Crippen LogP contribution in [0.25, 0.3) is 11.5 Å². The number of hydrogen-bond acceptors (Lipinski definition) is 5. The van der Waals surface area contributed by atoms with E-state index >= 15 is 0 Å². The zero-order valence-electron chi connectivity index (χ0n) is 13.4. The largest absolute Gasteiger partial charge is 0.457 e. The number of hydrogen-bond donors (Lipinski definition) is 1. The smallest absolute Gasteiger partial charge is 0.244 e. The zero-order chi connectivity index (χ0) is 17.2. The Balaban J connectivity index is 1.76. The lowest BCUT2D eigenvalue weighted by atomic mass is 10.0.